The summed E-state index contributed by atoms with van der Waals surface area (Å²) in [7, 11) is 1.85. The molecule has 4 unspecified atom stereocenters. The van der Waals surface area contributed by atoms with Crippen LogP contribution in [0.1, 0.15) is 395 Å². The highest BCUT2D eigenvalue weighted by Crippen LogP contribution is 2.46. The van der Waals surface area contributed by atoms with Crippen LogP contribution < -0.4 is 16.0 Å². The highest BCUT2D eigenvalue weighted by Gasteiger charge is 2.49. The van der Waals surface area contributed by atoms with Crippen LogP contribution in [0.2, 0.25) is 0 Å². The van der Waals surface area contributed by atoms with Crippen LogP contribution in [-0.2, 0) is 110 Å². The second-order valence-corrected chi connectivity index (χ2v) is 38.3. The van der Waals surface area contributed by atoms with Gasteiger partial charge in [-0.2, -0.15) is 0 Å². The van der Waals surface area contributed by atoms with E-state index in [2.05, 4.69) is 22.9 Å². The Morgan fingerprint density at radius 1 is 0.292 bits per heavy atom. The maximum atomic E-state index is 12.3. The summed E-state index contributed by atoms with van der Waals surface area (Å²) in [4.78, 5) is 164. The molecule has 8 aliphatic rings. The first kappa shape index (κ1) is 120. The number of carboxylic acid groups (broad SMARTS) is 2. The number of carbonyl (C=O) groups excluding carboxylic acids is 12. The van der Waals surface area contributed by atoms with E-state index in [1.807, 2.05) is 41.7 Å². The quantitative estimate of drug-likeness (QED) is 0.0160. The zero-order valence-electron chi connectivity index (χ0n) is 83.6. The molecule has 0 saturated heterocycles. The second-order valence-electron chi connectivity index (χ2n) is 38.3. The van der Waals surface area contributed by atoms with Crippen molar-refractivity contribution in [3.05, 3.63) is 22.3 Å². The summed E-state index contributed by atoms with van der Waals surface area (Å²) in [6.45, 7) is 39.2. The first-order chi connectivity index (χ1) is 61.3. The van der Waals surface area contributed by atoms with Crippen molar-refractivity contribution in [2.75, 3.05) is 66.5 Å². The summed E-state index contributed by atoms with van der Waals surface area (Å²) in [5.41, 5.74) is -0.463. The fourth-order valence-electron chi connectivity index (χ4n) is 18.3. The van der Waals surface area contributed by atoms with Crippen LogP contribution >= 0.6 is 0 Å². The third-order valence-corrected chi connectivity index (χ3v) is 25.1. The third-order valence-electron chi connectivity index (χ3n) is 25.1. The van der Waals surface area contributed by atoms with E-state index in [0.717, 1.165) is 229 Å². The number of allylic oxidation sites excluding steroid dienone is 2. The first-order valence-electron chi connectivity index (χ1n) is 48.9. The first-order valence-corrected chi connectivity index (χ1v) is 48.9. The number of carboxylic acids is 2. The minimum absolute atomic E-state index is 0.0826. The van der Waals surface area contributed by atoms with Crippen LogP contribution in [0.4, 0.5) is 9.59 Å². The molecule has 0 aromatic rings. The van der Waals surface area contributed by atoms with Crippen molar-refractivity contribution in [2.24, 2.45) is 38.9 Å². The highest BCUT2D eigenvalue weighted by atomic mass is 16.6. The summed E-state index contributed by atoms with van der Waals surface area (Å²) in [5, 5.41) is 26.9. The van der Waals surface area contributed by atoms with Gasteiger partial charge in [-0.15, -0.1) is 0 Å². The Labute approximate surface area is 777 Å². The van der Waals surface area contributed by atoms with E-state index in [1.165, 1.54) is 38.5 Å². The van der Waals surface area contributed by atoms with Crippen LogP contribution in [0.5, 0.6) is 0 Å². The number of ether oxygens (including phenoxy) is 11. The van der Waals surface area contributed by atoms with Crippen molar-refractivity contribution >= 4 is 83.6 Å². The number of hydrogen-bond donors (Lipinski definition) is 5. The van der Waals surface area contributed by atoms with Gasteiger partial charge in [0.25, 0.3) is 0 Å². The molecule has 0 spiro atoms. The van der Waals surface area contributed by atoms with Crippen LogP contribution in [0, 0.1) is 38.9 Å². The zero-order chi connectivity index (χ0) is 98.3. The number of alkyl carbamates (subject to hydrolysis) is 2. The lowest BCUT2D eigenvalue weighted by atomic mass is 9.67. The van der Waals surface area contributed by atoms with Gasteiger partial charge in [0.2, 0.25) is 0 Å². The van der Waals surface area contributed by atoms with E-state index in [9.17, 15) is 77.3 Å². The summed E-state index contributed by atoms with van der Waals surface area (Å²) < 4.78 is 55.3. The monoisotopic (exact) mass is 1850 g/mol. The zero-order valence-corrected chi connectivity index (χ0v) is 83.6. The molecule has 30 heteroatoms. The average molecular weight is 1850 g/mol. The molecule has 748 valence electrons. The van der Waals surface area contributed by atoms with Gasteiger partial charge < -0.3 is 78.3 Å². The van der Waals surface area contributed by atoms with Gasteiger partial charge in [-0.05, 0) is 278 Å². The van der Waals surface area contributed by atoms with Crippen molar-refractivity contribution < 1.29 is 129 Å². The van der Waals surface area contributed by atoms with Crippen LogP contribution in [0.25, 0.3) is 0 Å². The van der Waals surface area contributed by atoms with Gasteiger partial charge in [0, 0.05) is 12.8 Å². The minimum atomic E-state index is -1.05. The number of hydrogen-bond acceptors (Lipinski definition) is 26. The SMILES string of the molecule is CC(C)(C)OC(=O)NC(C(=O)O)C1(C)CCCCC1.CCOC(=O)C(C(=O)O)C1(C)CCCCC1.CCOC(=O)C(C(=O)OCC)=C1CCCCC1.CCOC(=O)C(C(=O)OCC)=C1CCCCC1.CCOC(=O)C(C(=O)OCC)C1(C)CCCCC1.CCOC(=O)C(NC(=O)OC(C)(C)C)C1(C)CCCCC1.CCOC(=O)C(NC)C1(C)CCCCC1.O=C1CCCCC1. The summed E-state index contributed by atoms with van der Waals surface area (Å²) in [6.07, 6.45) is 39.3. The number of nitrogens with one attached hydrogen (secondary N) is 3. The Balaban J connectivity index is 0.000000750. The molecular formula is C100H171N3O27. The molecule has 8 saturated carbocycles. The summed E-state index contributed by atoms with van der Waals surface area (Å²) >= 11 is 0. The lowest BCUT2D eigenvalue weighted by molar-refractivity contribution is -0.170. The summed E-state index contributed by atoms with van der Waals surface area (Å²) in [5.74, 6) is -7.41. The number of Topliss-reactive ketones (excluding diaryl/α,β-unsaturated/α-hetero) is 1. The topological polar surface area (TPSA) is 417 Å². The normalized spacial score (nSPS) is 19.0. The summed E-state index contributed by atoms with van der Waals surface area (Å²) in [6, 6.07) is -1.67. The Kier molecular flexibility index (Phi) is 58.1. The Hall–Kier alpha value is -8.18. The van der Waals surface area contributed by atoms with Gasteiger partial charge in [-0.3, -0.25) is 28.8 Å². The Morgan fingerprint density at radius 2 is 0.515 bits per heavy atom. The van der Waals surface area contributed by atoms with Crippen molar-refractivity contribution in [2.45, 2.75) is 425 Å². The smallest absolute Gasteiger partial charge is 0.408 e. The fraction of sp³-hybridized carbons (Fsp3) is 0.820. The number of ketones is 1. The van der Waals surface area contributed by atoms with E-state index in [1.54, 1.807) is 96.9 Å². The van der Waals surface area contributed by atoms with Crippen LogP contribution in [0.3, 0.4) is 0 Å². The second kappa shape index (κ2) is 63.1. The number of carbonyl (C=O) groups is 14. The van der Waals surface area contributed by atoms with E-state index in [0.29, 0.717) is 32.2 Å². The van der Waals surface area contributed by atoms with E-state index >= 15 is 0 Å². The molecule has 0 radical (unpaired) electrons. The molecule has 5 N–H and O–H groups in total. The van der Waals surface area contributed by atoms with Gasteiger partial charge in [-0.1, -0.05) is 150 Å². The van der Waals surface area contributed by atoms with Gasteiger partial charge in [0.05, 0.1) is 59.5 Å². The molecule has 8 fully saturated rings. The predicted octanol–water partition coefficient (Wildman–Crippen LogP) is 19.6. The average Bonchev–Trinajstić information content (AvgIpc) is 0.876. The molecule has 0 aromatic heterocycles. The van der Waals surface area contributed by atoms with E-state index in [-0.39, 0.29) is 83.8 Å². The molecule has 130 heavy (non-hydrogen) atoms. The third kappa shape index (κ3) is 44.6. The molecular weight excluding hydrogens is 1680 g/mol. The Morgan fingerprint density at radius 3 is 0.762 bits per heavy atom. The van der Waals surface area contributed by atoms with Crippen LogP contribution in [-0.4, -0.2) is 190 Å². The number of likely N-dealkylation sites (N-methyl/N-ethyl adjacent to an activating group) is 1. The molecule has 0 aliphatic heterocycles. The minimum Gasteiger partial charge on any atom is -0.481 e. The number of esters is 9. The predicted molar refractivity (Wildman–Crippen MR) is 495 cm³/mol. The van der Waals surface area contributed by atoms with Crippen molar-refractivity contribution in [1.29, 1.82) is 0 Å². The maximum absolute atomic E-state index is 12.3. The molecule has 8 aliphatic carbocycles. The largest absolute Gasteiger partial charge is 0.481 e. The molecule has 2 amide bonds. The highest BCUT2D eigenvalue weighted by molar-refractivity contribution is 6.15. The lowest BCUT2D eigenvalue weighted by Crippen LogP contribution is -2.53. The molecule has 8 rings (SSSR count). The van der Waals surface area contributed by atoms with Gasteiger partial charge in [0.15, 0.2) is 11.8 Å². The molecule has 0 heterocycles. The lowest BCUT2D eigenvalue weighted by Gasteiger charge is -2.39. The van der Waals surface area contributed by atoms with Crippen LogP contribution in [0.15, 0.2) is 22.3 Å². The van der Waals surface area contributed by atoms with E-state index in [4.69, 9.17) is 52.1 Å². The van der Waals surface area contributed by atoms with Crippen molar-refractivity contribution in [3.8, 4) is 0 Å². The molecule has 4 atom stereocenters. The molecule has 0 bridgehead atoms. The van der Waals surface area contributed by atoms with Gasteiger partial charge in [-0.25, -0.2) is 38.4 Å². The van der Waals surface area contributed by atoms with Crippen molar-refractivity contribution in [3.63, 3.8) is 0 Å². The number of amides is 2. The van der Waals surface area contributed by atoms with Gasteiger partial charge >= 0.3 is 77.8 Å². The molecule has 0 aromatic carbocycles. The number of aliphatic carboxylic acids is 2. The Bertz CT molecular complexity index is 3370. The van der Waals surface area contributed by atoms with E-state index < -0.39 is 106 Å². The number of rotatable bonds is 28. The molecule has 30 nitrogen and oxygen atoms in total. The standard InChI is InChI=1S/C16H29NO4.C14H25NO4.C14H24O4.2C13H20O4.C12H23NO2.C12H20O4.C6H10O/c1-6-20-13(18)12(16(5)10-8-7-9-11-16)17-14(19)21-15(2,3)4;1-13(2,3)19-12(18)15-10(11(16)17)14(4)8-6-5-7-9-14;1-4-17-12(15)11(13(16)18-5-2)14(3)9-7-6-8-10-14;2*1-3-16-12(14)11(13(15)17-4-2)10-8-6-5-7-9-10;1-4-15-11(14)10(13-3)12(2)8-6-5-7-9-12;1-3-16-11(15)9(10(13)14)12(2)7-5-4-6-8-12;7-6-4-2-1-3-5-6/h12H,6-11H2,1-5H3,(H,17,19);10H,5-9H2,1-4H3,(H,15,18)(H,16,17);11H,4-10H2,1-3H3;2*3-9H2,1-2H3;10,13H,4-9H2,1-3H3;9H,3-8H2,1-2H3,(H,13,14);1-5H2. The van der Waals surface area contributed by atoms with Crippen molar-refractivity contribution in [1.82, 2.24) is 16.0 Å². The maximum Gasteiger partial charge on any atom is 0.408 e. The van der Waals surface area contributed by atoms with Gasteiger partial charge in [0.1, 0.15) is 46.3 Å². The fourth-order valence-corrected chi connectivity index (χ4v) is 18.3.